The number of likely N-dealkylation sites (tertiary alicyclic amines) is 1. The lowest BCUT2D eigenvalue weighted by Crippen LogP contribution is -2.33. The van der Waals surface area contributed by atoms with Crippen molar-refractivity contribution in [3.63, 3.8) is 0 Å². The van der Waals surface area contributed by atoms with E-state index in [-0.39, 0.29) is 42.4 Å². The highest BCUT2D eigenvalue weighted by Crippen LogP contribution is 2.37. The number of hydrogen-bond donors (Lipinski definition) is 1. The SMILES string of the molecule is COC(=O)CCc1cnc([C@@H]2C[C@H](OC)CN2C(=O)Cc2cc(Cl)c(Nc3nc4ccccc4s3)cc2F)s1. The molecule has 0 unspecified atom stereocenters. The van der Waals surface area contributed by atoms with Crippen LogP contribution < -0.4 is 5.32 Å². The summed E-state index contributed by atoms with van der Waals surface area (Å²) >= 11 is 9.39. The quantitative estimate of drug-likeness (QED) is 0.242. The van der Waals surface area contributed by atoms with Crippen molar-refractivity contribution in [1.82, 2.24) is 14.9 Å². The molecular formula is C27H26ClFN4O4S2. The van der Waals surface area contributed by atoms with E-state index in [0.29, 0.717) is 35.2 Å². The highest BCUT2D eigenvalue weighted by molar-refractivity contribution is 7.22. The minimum Gasteiger partial charge on any atom is -0.469 e. The Kier molecular flexibility index (Phi) is 8.41. The third-order valence-electron chi connectivity index (χ3n) is 6.59. The number of nitrogens with zero attached hydrogens (tertiary/aromatic N) is 3. The molecule has 2 aromatic heterocycles. The third kappa shape index (κ3) is 6.22. The van der Waals surface area contributed by atoms with Crippen molar-refractivity contribution in [2.24, 2.45) is 0 Å². The molecule has 1 N–H and O–H groups in total. The van der Waals surface area contributed by atoms with Gasteiger partial charge in [0.1, 0.15) is 10.8 Å². The summed E-state index contributed by atoms with van der Waals surface area (Å²) in [7, 11) is 2.96. The second-order valence-electron chi connectivity index (χ2n) is 9.11. The molecule has 1 saturated heterocycles. The molecule has 4 aromatic rings. The molecule has 1 aliphatic rings. The van der Waals surface area contributed by atoms with Gasteiger partial charge in [0.2, 0.25) is 5.91 Å². The van der Waals surface area contributed by atoms with Crippen molar-refractivity contribution in [2.75, 3.05) is 26.1 Å². The molecule has 5 rings (SSSR count). The van der Waals surface area contributed by atoms with Gasteiger partial charge in [0.05, 0.1) is 53.0 Å². The number of esters is 1. The highest BCUT2D eigenvalue weighted by Gasteiger charge is 2.38. The van der Waals surface area contributed by atoms with Crippen molar-refractivity contribution in [3.8, 4) is 0 Å². The zero-order valence-corrected chi connectivity index (χ0v) is 23.7. The van der Waals surface area contributed by atoms with Gasteiger partial charge in [-0.15, -0.1) is 11.3 Å². The summed E-state index contributed by atoms with van der Waals surface area (Å²) in [5, 5.41) is 4.74. The average molecular weight is 589 g/mol. The van der Waals surface area contributed by atoms with Gasteiger partial charge in [-0.25, -0.2) is 14.4 Å². The Bertz CT molecular complexity index is 1480. The van der Waals surface area contributed by atoms with Gasteiger partial charge in [-0.2, -0.15) is 0 Å². The first-order chi connectivity index (χ1) is 18.8. The number of amides is 1. The molecule has 2 aromatic carbocycles. The van der Waals surface area contributed by atoms with E-state index < -0.39 is 5.82 Å². The van der Waals surface area contributed by atoms with Gasteiger partial charge in [-0.3, -0.25) is 9.59 Å². The number of ether oxygens (including phenoxy) is 2. The Morgan fingerprint density at radius 1 is 1.23 bits per heavy atom. The van der Waals surface area contributed by atoms with E-state index in [1.165, 1.54) is 41.9 Å². The van der Waals surface area contributed by atoms with Gasteiger partial charge in [-0.1, -0.05) is 35.1 Å². The number of para-hydroxylation sites is 1. The summed E-state index contributed by atoms with van der Waals surface area (Å²) in [6.07, 6.45) is 2.77. The molecule has 1 aliphatic heterocycles. The van der Waals surface area contributed by atoms with Gasteiger partial charge in [-0.05, 0) is 36.2 Å². The van der Waals surface area contributed by atoms with Crippen LogP contribution in [-0.4, -0.2) is 53.6 Å². The van der Waals surface area contributed by atoms with Crippen molar-refractivity contribution < 1.29 is 23.5 Å². The fourth-order valence-electron chi connectivity index (χ4n) is 4.52. The maximum absolute atomic E-state index is 15.2. The molecule has 204 valence electrons. The standard InChI is InChI=1S/C27H26ClFN4O4S2/c1-36-16-11-22(26-30-13-17(38-26)7-8-25(35)37-2)33(14-16)24(34)10-15-9-18(28)21(12-19(15)29)32-27-31-20-5-3-4-6-23(20)39-27/h3-6,9,12-13,16,22H,7-8,10-11,14H2,1-2H3,(H,31,32)/t16-,22-/m0/s1. The predicted molar refractivity (Wildman–Crippen MR) is 150 cm³/mol. The Hall–Kier alpha value is -3.12. The van der Waals surface area contributed by atoms with Crippen LogP contribution in [-0.2, 0) is 31.9 Å². The molecular weight excluding hydrogens is 563 g/mol. The molecule has 0 saturated carbocycles. The molecule has 0 spiro atoms. The molecule has 0 radical (unpaired) electrons. The molecule has 0 bridgehead atoms. The maximum Gasteiger partial charge on any atom is 0.305 e. The number of aryl methyl sites for hydroxylation is 1. The molecule has 2 atom stereocenters. The lowest BCUT2D eigenvalue weighted by Gasteiger charge is -2.23. The summed E-state index contributed by atoms with van der Waals surface area (Å²) in [6, 6.07) is 10.2. The largest absolute Gasteiger partial charge is 0.469 e. The van der Waals surface area contributed by atoms with E-state index in [1.807, 2.05) is 24.3 Å². The van der Waals surface area contributed by atoms with Crippen LogP contribution >= 0.6 is 34.3 Å². The summed E-state index contributed by atoms with van der Waals surface area (Å²) in [4.78, 5) is 36.5. The van der Waals surface area contributed by atoms with Crippen molar-refractivity contribution in [3.05, 3.63) is 68.9 Å². The number of carbonyl (C=O) groups excluding carboxylic acids is 2. The number of hydrogen-bond acceptors (Lipinski definition) is 9. The molecule has 1 fully saturated rings. The van der Waals surface area contributed by atoms with Gasteiger partial charge >= 0.3 is 5.97 Å². The Morgan fingerprint density at radius 3 is 2.82 bits per heavy atom. The molecule has 3 heterocycles. The van der Waals surface area contributed by atoms with E-state index >= 15 is 4.39 Å². The van der Waals surface area contributed by atoms with Crippen LogP contribution in [0.2, 0.25) is 5.02 Å². The highest BCUT2D eigenvalue weighted by atomic mass is 35.5. The van der Waals surface area contributed by atoms with Crippen LogP contribution in [0.15, 0.2) is 42.6 Å². The van der Waals surface area contributed by atoms with Gasteiger partial charge in [0.25, 0.3) is 0 Å². The smallest absolute Gasteiger partial charge is 0.305 e. The van der Waals surface area contributed by atoms with E-state index in [2.05, 4.69) is 15.3 Å². The van der Waals surface area contributed by atoms with E-state index in [0.717, 1.165) is 20.1 Å². The lowest BCUT2D eigenvalue weighted by molar-refractivity contribution is -0.140. The first-order valence-corrected chi connectivity index (χ1v) is 14.3. The lowest BCUT2D eigenvalue weighted by atomic mass is 10.1. The van der Waals surface area contributed by atoms with Crippen molar-refractivity contribution >= 4 is 67.2 Å². The Morgan fingerprint density at radius 2 is 2.05 bits per heavy atom. The Labute approximate surface area is 237 Å². The second kappa shape index (κ2) is 12.0. The van der Waals surface area contributed by atoms with Crippen LogP contribution in [0.25, 0.3) is 10.2 Å². The third-order valence-corrected chi connectivity index (χ3v) is 9.01. The average Bonchev–Trinajstić information content (AvgIpc) is 3.67. The number of benzene rings is 2. The minimum absolute atomic E-state index is 0.152. The topological polar surface area (TPSA) is 93.7 Å². The van der Waals surface area contributed by atoms with Gasteiger partial charge in [0, 0.05) is 31.1 Å². The summed E-state index contributed by atoms with van der Waals surface area (Å²) in [5.41, 5.74) is 1.43. The minimum atomic E-state index is -0.533. The first kappa shape index (κ1) is 27.4. The number of halogens is 2. The van der Waals surface area contributed by atoms with E-state index in [4.69, 9.17) is 21.1 Å². The number of fused-ring (bicyclic) bond motifs is 1. The van der Waals surface area contributed by atoms with Crippen molar-refractivity contribution in [1.29, 1.82) is 0 Å². The zero-order chi connectivity index (χ0) is 27.5. The zero-order valence-electron chi connectivity index (χ0n) is 21.3. The van der Waals surface area contributed by atoms with Gasteiger partial charge < -0.3 is 19.7 Å². The van der Waals surface area contributed by atoms with Crippen LogP contribution in [0.1, 0.15) is 34.3 Å². The molecule has 8 nitrogen and oxygen atoms in total. The normalized spacial score (nSPS) is 17.1. The van der Waals surface area contributed by atoms with Crippen LogP contribution in [0.3, 0.4) is 0 Å². The number of anilines is 2. The number of aromatic nitrogens is 2. The molecule has 1 amide bonds. The first-order valence-electron chi connectivity index (χ1n) is 12.3. The monoisotopic (exact) mass is 588 g/mol. The summed E-state index contributed by atoms with van der Waals surface area (Å²) in [6.45, 7) is 0.379. The molecule has 12 heteroatoms. The number of nitrogens with one attached hydrogen (secondary N) is 1. The Balaban J connectivity index is 1.30. The maximum atomic E-state index is 15.2. The second-order valence-corrected chi connectivity index (χ2v) is 11.7. The fourth-order valence-corrected chi connectivity index (χ4v) is 6.68. The fraction of sp³-hybridized carbons (Fsp3) is 0.333. The summed E-state index contributed by atoms with van der Waals surface area (Å²) in [5.74, 6) is -1.06. The van der Waals surface area contributed by atoms with Crippen molar-refractivity contribution in [2.45, 2.75) is 37.8 Å². The van der Waals surface area contributed by atoms with E-state index in [1.54, 1.807) is 18.2 Å². The van der Waals surface area contributed by atoms with Crippen LogP contribution in [0, 0.1) is 5.82 Å². The molecule has 0 aliphatic carbocycles. The van der Waals surface area contributed by atoms with Gasteiger partial charge in [0.15, 0.2) is 5.13 Å². The number of carbonyl (C=O) groups is 2. The molecule has 39 heavy (non-hydrogen) atoms. The van der Waals surface area contributed by atoms with Crippen LogP contribution in [0.4, 0.5) is 15.2 Å². The number of thiazole rings is 2. The summed E-state index contributed by atoms with van der Waals surface area (Å²) < 4.78 is 26.4. The number of rotatable bonds is 9. The number of methoxy groups -OCH3 is 2. The van der Waals surface area contributed by atoms with Crippen LogP contribution in [0.5, 0.6) is 0 Å². The van der Waals surface area contributed by atoms with E-state index in [9.17, 15) is 9.59 Å². The predicted octanol–water partition coefficient (Wildman–Crippen LogP) is 5.93.